The van der Waals surface area contributed by atoms with Crippen molar-refractivity contribution in [2.45, 2.75) is 18.8 Å². The fourth-order valence-corrected chi connectivity index (χ4v) is 1.89. The Morgan fingerprint density at radius 3 is 2.62 bits per heavy atom. The molecule has 1 fully saturated rings. The predicted octanol–water partition coefficient (Wildman–Crippen LogP) is 0.182. The van der Waals surface area contributed by atoms with E-state index in [2.05, 4.69) is 15.5 Å². The van der Waals surface area contributed by atoms with Crippen LogP contribution in [0.1, 0.15) is 13.3 Å². The van der Waals surface area contributed by atoms with Gasteiger partial charge in [-0.05, 0) is 6.92 Å². The van der Waals surface area contributed by atoms with Crippen molar-refractivity contribution in [2.24, 2.45) is 0 Å². The fraction of sp³-hybridized carbons (Fsp3) is 0.571. The van der Waals surface area contributed by atoms with Crippen molar-refractivity contribution in [1.29, 1.82) is 0 Å². The van der Waals surface area contributed by atoms with Crippen LogP contribution in [0.4, 0.5) is 0 Å². The van der Waals surface area contributed by atoms with Crippen molar-refractivity contribution >= 4 is 16.1 Å². The average molecular weight is 206 g/mol. The molecule has 0 amide bonds. The second kappa shape index (κ2) is 3.47. The molecule has 1 aliphatic rings. The first kappa shape index (κ1) is 10.2. The first-order valence-electron chi connectivity index (χ1n) is 3.68. The Morgan fingerprint density at radius 1 is 1.62 bits per heavy atom. The third-order valence-electron chi connectivity index (χ3n) is 1.51. The quantitative estimate of drug-likeness (QED) is 0.366. The molecule has 1 rings (SSSR count). The Bertz CT molecular complexity index is 329. The zero-order valence-corrected chi connectivity index (χ0v) is 7.96. The van der Waals surface area contributed by atoms with E-state index in [1.807, 2.05) is 0 Å². The van der Waals surface area contributed by atoms with Crippen molar-refractivity contribution in [2.75, 3.05) is 6.61 Å². The third-order valence-corrected chi connectivity index (χ3v) is 2.98. The van der Waals surface area contributed by atoms with E-state index < -0.39 is 21.5 Å². The monoisotopic (exact) mass is 206 g/mol. The van der Waals surface area contributed by atoms with Crippen molar-refractivity contribution < 1.29 is 22.1 Å². The van der Waals surface area contributed by atoms with Crippen LogP contribution >= 0.6 is 0 Å². The van der Waals surface area contributed by atoms with Gasteiger partial charge in [-0.25, -0.2) is 4.79 Å². The normalized spacial score (nSPS) is 25.5. The molecule has 1 heterocycles. The summed E-state index contributed by atoms with van der Waals surface area (Å²) in [6, 6.07) is 0. The van der Waals surface area contributed by atoms with Gasteiger partial charge >= 0.3 is 16.1 Å². The van der Waals surface area contributed by atoms with Crippen LogP contribution in [0.5, 0.6) is 0 Å². The molecule has 1 aliphatic heterocycles. The van der Waals surface area contributed by atoms with Gasteiger partial charge in [0.05, 0.1) is 6.61 Å². The summed E-state index contributed by atoms with van der Waals surface area (Å²) in [5.74, 6) is -0.709. The first-order chi connectivity index (χ1) is 5.93. The van der Waals surface area contributed by atoms with Gasteiger partial charge in [0, 0.05) is 12.0 Å². The van der Waals surface area contributed by atoms with Crippen LogP contribution in [0.2, 0.25) is 0 Å². The SMILES string of the molecule is C=C(C)C(=O)OC1CCOS1(=O)=O. The molecule has 1 unspecified atom stereocenters. The van der Waals surface area contributed by atoms with E-state index in [1.165, 1.54) is 6.92 Å². The molecule has 0 spiro atoms. The molecule has 0 radical (unpaired) electrons. The molecule has 0 saturated carbocycles. The molecule has 1 atom stereocenters. The van der Waals surface area contributed by atoms with Crippen molar-refractivity contribution in [3.8, 4) is 0 Å². The lowest BCUT2D eigenvalue weighted by molar-refractivity contribution is -0.140. The van der Waals surface area contributed by atoms with E-state index >= 15 is 0 Å². The number of ether oxygens (including phenoxy) is 1. The highest BCUT2D eigenvalue weighted by molar-refractivity contribution is 7.87. The lowest BCUT2D eigenvalue weighted by Crippen LogP contribution is -2.22. The Balaban J connectivity index is 2.65. The molecule has 6 heteroatoms. The van der Waals surface area contributed by atoms with Gasteiger partial charge in [-0.15, -0.1) is 0 Å². The molecule has 0 aliphatic carbocycles. The van der Waals surface area contributed by atoms with Gasteiger partial charge < -0.3 is 4.74 Å². The highest BCUT2D eigenvalue weighted by Crippen LogP contribution is 2.19. The molecule has 0 N–H and O–H groups in total. The molecule has 0 bridgehead atoms. The molecule has 13 heavy (non-hydrogen) atoms. The summed E-state index contributed by atoms with van der Waals surface area (Å²) in [6.45, 7) is 4.85. The number of rotatable bonds is 2. The van der Waals surface area contributed by atoms with Gasteiger partial charge in [0.25, 0.3) is 0 Å². The lowest BCUT2D eigenvalue weighted by atomic mass is 10.4. The van der Waals surface area contributed by atoms with Crippen LogP contribution in [0.25, 0.3) is 0 Å². The van der Waals surface area contributed by atoms with Gasteiger partial charge in [0.2, 0.25) is 5.44 Å². The zero-order valence-electron chi connectivity index (χ0n) is 7.15. The molecule has 0 aromatic heterocycles. The maximum absolute atomic E-state index is 11.0. The van der Waals surface area contributed by atoms with Crippen molar-refractivity contribution in [3.05, 3.63) is 12.2 Å². The largest absolute Gasteiger partial charge is 0.440 e. The number of hydrogen-bond donors (Lipinski definition) is 0. The molecule has 0 aromatic rings. The Labute approximate surface area is 76.5 Å². The summed E-state index contributed by atoms with van der Waals surface area (Å²) in [4.78, 5) is 10.9. The summed E-state index contributed by atoms with van der Waals surface area (Å²) in [6.07, 6.45) is 0.182. The minimum atomic E-state index is -3.70. The summed E-state index contributed by atoms with van der Waals surface area (Å²) < 4.78 is 31.0. The summed E-state index contributed by atoms with van der Waals surface area (Å²) in [5, 5.41) is 0. The molecular weight excluding hydrogens is 196 g/mol. The van der Waals surface area contributed by atoms with Crippen LogP contribution in [0, 0.1) is 0 Å². The van der Waals surface area contributed by atoms with E-state index in [4.69, 9.17) is 0 Å². The minimum absolute atomic E-state index is 0.0659. The van der Waals surface area contributed by atoms with E-state index in [0.717, 1.165) is 0 Å². The zero-order chi connectivity index (χ0) is 10.1. The van der Waals surface area contributed by atoms with Crippen LogP contribution in [-0.2, 0) is 23.8 Å². The summed E-state index contributed by atoms with van der Waals surface area (Å²) in [7, 11) is -3.70. The summed E-state index contributed by atoms with van der Waals surface area (Å²) in [5.41, 5.74) is -1.00. The fourth-order valence-electron chi connectivity index (χ4n) is 0.819. The van der Waals surface area contributed by atoms with Gasteiger partial charge in [0.15, 0.2) is 0 Å². The van der Waals surface area contributed by atoms with Gasteiger partial charge in [-0.3, -0.25) is 4.18 Å². The van der Waals surface area contributed by atoms with Gasteiger partial charge in [0.1, 0.15) is 0 Å². The van der Waals surface area contributed by atoms with E-state index in [-0.39, 0.29) is 18.6 Å². The minimum Gasteiger partial charge on any atom is -0.440 e. The number of esters is 1. The van der Waals surface area contributed by atoms with Crippen molar-refractivity contribution in [3.63, 3.8) is 0 Å². The maximum atomic E-state index is 11.0. The molecule has 0 aromatic carbocycles. The Morgan fingerprint density at radius 2 is 2.23 bits per heavy atom. The Kier molecular flexibility index (Phi) is 2.72. The average Bonchev–Trinajstić information content (AvgIpc) is 2.30. The van der Waals surface area contributed by atoms with Crippen LogP contribution < -0.4 is 0 Å². The maximum Gasteiger partial charge on any atom is 0.334 e. The molecule has 74 valence electrons. The third kappa shape index (κ3) is 2.28. The van der Waals surface area contributed by atoms with Crippen LogP contribution in [-0.4, -0.2) is 26.4 Å². The smallest absolute Gasteiger partial charge is 0.334 e. The number of carbonyl (C=O) groups excluding carboxylic acids is 1. The lowest BCUT2D eigenvalue weighted by Gasteiger charge is -2.08. The van der Waals surface area contributed by atoms with Crippen LogP contribution in [0.15, 0.2) is 12.2 Å². The highest BCUT2D eigenvalue weighted by atomic mass is 32.2. The highest BCUT2D eigenvalue weighted by Gasteiger charge is 2.36. The van der Waals surface area contributed by atoms with E-state index in [0.29, 0.717) is 0 Å². The Hall–Kier alpha value is -0.880. The second-order valence-corrected chi connectivity index (χ2v) is 4.47. The number of hydrogen-bond acceptors (Lipinski definition) is 5. The molecule has 1 saturated heterocycles. The van der Waals surface area contributed by atoms with Crippen LogP contribution in [0.3, 0.4) is 0 Å². The first-order valence-corrected chi connectivity index (χ1v) is 5.15. The summed E-state index contributed by atoms with van der Waals surface area (Å²) >= 11 is 0. The number of carbonyl (C=O) groups is 1. The van der Waals surface area contributed by atoms with Gasteiger partial charge in [-0.2, -0.15) is 8.42 Å². The molecular formula is C7H10O5S. The topological polar surface area (TPSA) is 69.7 Å². The predicted molar refractivity (Wildman–Crippen MR) is 44.2 cm³/mol. The molecule has 5 nitrogen and oxygen atoms in total. The second-order valence-electron chi connectivity index (χ2n) is 2.72. The van der Waals surface area contributed by atoms with Crippen molar-refractivity contribution in [1.82, 2.24) is 0 Å². The van der Waals surface area contributed by atoms with Gasteiger partial charge in [-0.1, -0.05) is 6.58 Å². The van der Waals surface area contributed by atoms with E-state index in [9.17, 15) is 13.2 Å². The van der Waals surface area contributed by atoms with E-state index in [1.54, 1.807) is 0 Å². The standard InChI is InChI=1S/C7H10O5S/c1-5(2)7(8)12-6-3-4-11-13(6,9)10/h6H,1,3-4H2,2H3.